The normalized spacial score (nSPS) is 16.4. The lowest BCUT2D eigenvalue weighted by atomic mass is 9.77. The summed E-state index contributed by atoms with van der Waals surface area (Å²) in [5.74, 6) is 2.30. The summed E-state index contributed by atoms with van der Waals surface area (Å²) in [6.45, 7) is 0. The highest BCUT2D eigenvalue weighted by Crippen LogP contribution is 2.36. The van der Waals surface area contributed by atoms with Crippen molar-refractivity contribution in [2.45, 2.75) is 37.6 Å². The van der Waals surface area contributed by atoms with Crippen LogP contribution in [-0.4, -0.2) is 20.3 Å². The van der Waals surface area contributed by atoms with Crippen molar-refractivity contribution in [3.63, 3.8) is 0 Å². The standard InChI is InChI=1S/C14H14BrN5O2S/c15-8-6-9(23-7-8)12-17-10(21-19-12)2-3-11-18-13(20-22-11)14(16)4-1-5-14/h6-7H,1-5,16H2. The van der Waals surface area contributed by atoms with Crippen molar-refractivity contribution < 1.29 is 9.05 Å². The summed E-state index contributed by atoms with van der Waals surface area (Å²) in [5.41, 5.74) is 5.79. The van der Waals surface area contributed by atoms with Crippen LogP contribution >= 0.6 is 27.3 Å². The second-order valence-electron chi connectivity index (χ2n) is 5.66. The molecule has 1 saturated carbocycles. The first kappa shape index (κ1) is 15.0. The molecule has 1 aliphatic carbocycles. The minimum absolute atomic E-state index is 0.397. The SMILES string of the molecule is NC1(c2noc(CCc3nc(-c4cc(Br)cs4)no3)n2)CCC1. The highest BCUT2D eigenvalue weighted by atomic mass is 79.9. The lowest BCUT2D eigenvalue weighted by molar-refractivity contribution is 0.229. The Bertz CT molecular complexity index is 823. The lowest BCUT2D eigenvalue weighted by Crippen LogP contribution is -2.44. The van der Waals surface area contributed by atoms with Gasteiger partial charge in [0.15, 0.2) is 5.82 Å². The number of hydrogen-bond donors (Lipinski definition) is 1. The fourth-order valence-electron chi connectivity index (χ4n) is 2.44. The molecule has 23 heavy (non-hydrogen) atoms. The van der Waals surface area contributed by atoms with Gasteiger partial charge in [-0.1, -0.05) is 10.3 Å². The van der Waals surface area contributed by atoms with Crippen molar-refractivity contribution in [3.8, 4) is 10.7 Å². The van der Waals surface area contributed by atoms with Gasteiger partial charge in [0.1, 0.15) is 0 Å². The van der Waals surface area contributed by atoms with Crippen molar-refractivity contribution >= 4 is 27.3 Å². The zero-order valence-corrected chi connectivity index (χ0v) is 14.6. The van der Waals surface area contributed by atoms with Crippen molar-refractivity contribution in [1.29, 1.82) is 0 Å². The Balaban J connectivity index is 1.40. The molecule has 7 nitrogen and oxygen atoms in total. The Hall–Kier alpha value is -1.58. The van der Waals surface area contributed by atoms with Gasteiger partial charge in [-0.15, -0.1) is 11.3 Å². The van der Waals surface area contributed by atoms with Crippen LogP contribution in [0.1, 0.15) is 36.9 Å². The van der Waals surface area contributed by atoms with E-state index >= 15 is 0 Å². The minimum Gasteiger partial charge on any atom is -0.339 e. The fourth-order valence-corrected chi connectivity index (χ4v) is 3.79. The number of aryl methyl sites for hydroxylation is 2. The molecule has 120 valence electrons. The molecule has 3 aromatic rings. The minimum atomic E-state index is -0.397. The highest BCUT2D eigenvalue weighted by molar-refractivity contribution is 9.10. The molecule has 0 saturated heterocycles. The van der Waals surface area contributed by atoms with E-state index in [9.17, 15) is 0 Å². The second-order valence-corrected chi connectivity index (χ2v) is 7.49. The van der Waals surface area contributed by atoms with E-state index in [4.69, 9.17) is 14.8 Å². The van der Waals surface area contributed by atoms with Gasteiger partial charge in [-0.2, -0.15) is 9.97 Å². The monoisotopic (exact) mass is 395 g/mol. The molecule has 0 spiro atoms. The van der Waals surface area contributed by atoms with Gasteiger partial charge in [-0.3, -0.25) is 0 Å². The predicted molar refractivity (Wildman–Crippen MR) is 86.7 cm³/mol. The van der Waals surface area contributed by atoms with Gasteiger partial charge in [-0.05, 0) is 41.3 Å². The summed E-state index contributed by atoms with van der Waals surface area (Å²) < 4.78 is 11.5. The summed E-state index contributed by atoms with van der Waals surface area (Å²) in [6.07, 6.45) is 4.05. The maximum absolute atomic E-state index is 6.19. The molecule has 3 heterocycles. The molecule has 0 bridgehead atoms. The number of hydrogen-bond acceptors (Lipinski definition) is 8. The first-order chi connectivity index (χ1) is 11.1. The van der Waals surface area contributed by atoms with Gasteiger partial charge in [0, 0.05) is 22.7 Å². The molecule has 0 unspecified atom stereocenters. The number of nitrogens with zero attached hydrogens (tertiary/aromatic N) is 4. The topological polar surface area (TPSA) is 104 Å². The Morgan fingerprint density at radius 2 is 1.91 bits per heavy atom. The second kappa shape index (κ2) is 5.81. The maximum Gasteiger partial charge on any atom is 0.227 e. The Labute approximate surface area is 144 Å². The summed E-state index contributed by atoms with van der Waals surface area (Å²) in [5, 5.41) is 9.97. The summed E-state index contributed by atoms with van der Waals surface area (Å²) in [4.78, 5) is 9.74. The number of halogens is 1. The van der Waals surface area contributed by atoms with E-state index < -0.39 is 5.54 Å². The average Bonchev–Trinajstić information content (AvgIpc) is 3.22. The molecular weight excluding hydrogens is 382 g/mol. The van der Waals surface area contributed by atoms with Crippen LogP contribution in [0.15, 0.2) is 25.0 Å². The van der Waals surface area contributed by atoms with Crippen molar-refractivity contribution in [3.05, 3.63) is 33.5 Å². The number of aromatic nitrogens is 4. The fraction of sp³-hybridized carbons (Fsp3) is 0.429. The van der Waals surface area contributed by atoms with Gasteiger partial charge in [0.05, 0.1) is 10.4 Å². The number of nitrogens with two attached hydrogens (primary N) is 1. The molecule has 2 N–H and O–H groups in total. The molecule has 0 amide bonds. The van der Waals surface area contributed by atoms with Crippen LogP contribution in [0.4, 0.5) is 0 Å². The van der Waals surface area contributed by atoms with E-state index in [1.54, 1.807) is 11.3 Å². The average molecular weight is 396 g/mol. The third-order valence-electron chi connectivity index (χ3n) is 3.97. The highest BCUT2D eigenvalue weighted by Gasteiger charge is 2.38. The summed E-state index contributed by atoms with van der Waals surface area (Å²) in [6, 6.07) is 1.96. The zero-order chi connectivity index (χ0) is 15.9. The molecule has 1 aliphatic rings. The van der Waals surface area contributed by atoms with E-state index in [2.05, 4.69) is 36.2 Å². The van der Waals surface area contributed by atoms with E-state index in [0.29, 0.717) is 36.3 Å². The van der Waals surface area contributed by atoms with Gasteiger partial charge in [0.25, 0.3) is 0 Å². The number of rotatable bonds is 5. The maximum atomic E-state index is 6.19. The van der Waals surface area contributed by atoms with E-state index in [1.807, 2.05) is 11.4 Å². The molecule has 0 aromatic carbocycles. The summed E-state index contributed by atoms with van der Waals surface area (Å²) >= 11 is 4.97. The van der Waals surface area contributed by atoms with Crippen LogP contribution in [0.3, 0.4) is 0 Å². The van der Waals surface area contributed by atoms with Gasteiger partial charge in [0.2, 0.25) is 17.6 Å². The molecule has 0 atom stereocenters. The molecule has 0 radical (unpaired) electrons. The molecule has 1 fully saturated rings. The Morgan fingerprint density at radius 1 is 1.17 bits per heavy atom. The van der Waals surface area contributed by atoms with Crippen LogP contribution in [0.25, 0.3) is 10.7 Å². The predicted octanol–water partition coefficient (Wildman–Crippen LogP) is 3.07. The molecule has 4 rings (SSSR count). The molecule has 0 aliphatic heterocycles. The van der Waals surface area contributed by atoms with Crippen LogP contribution in [0.5, 0.6) is 0 Å². The number of thiophene rings is 1. The van der Waals surface area contributed by atoms with Crippen LogP contribution in [0.2, 0.25) is 0 Å². The Morgan fingerprint density at radius 3 is 2.57 bits per heavy atom. The Kier molecular flexibility index (Phi) is 3.78. The third-order valence-corrected chi connectivity index (χ3v) is 5.65. The first-order valence-corrected chi connectivity index (χ1v) is 8.99. The van der Waals surface area contributed by atoms with Crippen molar-refractivity contribution in [2.75, 3.05) is 0 Å². The molecule has 9 heteroatoms. The van der Waals surface area contributed by atoms with Crippen molar-refractivity contribution in [1.82, 2.24) is 20.3 Å². The van der Waals surface area contributed by atoms with E-state index in [0.717, 1.165) is 28.6 Å². The molecular formula is C14H14BrN5O2S. The van der Waals surface area contributed by atoms with Gasteiger partial charge in [-0.25, -0.2) is 0 Å². The van der Waals surface area contributed by atoms with Crippen LogP contribution in [0, 0.1) is 0 Å². The first-order valence-electron chi connectivity index (χ1n) is 7.31. The summed E-state index contributed by atoms with van der Waals surface area (Å²) in [7, 11) is 0. The zero-order valence-electron chi connectivity index (χ0n) is 12.2. The van der Waals surface area contributed by atoms with Crippen molar-refractivity contribution in [2.24, 2.45) is 5.73 Å². The quantitative estimate of drug-likeness (QED) is 0.707. The lowest BCUT2D eigenvalue weighted by Gasteiger charge is -2.34. The molecule has 3 aromatic heterocycles. The van der Waals surface area contributed by atoms with Crippen LogP contribution < -0.4 is 5.73 Å². The van der Waals surface area contributed by atoms with E-state index in [-0.39, 0.29) is 0 Å². The van der Waals surface area contributed by atoms with E-state index in [1.165, 1.54) is 0 Å². The van der Waals surface area contributed by atoms with Gasteiger partial charge < -0.3 is 14.8 Å². The van der Waals surface area contributed by atoms with Gasteiger partial charge >= 0.3 is 0 Å². The van der Waals surface area contributed by atoms with Crippen LogP contribution in [-0.2, 0) is 18.4 Å². The largest absolute Gasteiger partial charge is 0.339 e. The smallest absolute Gasteiger partial charge is 0.227 e. The third kappa shape index (κ3) is 2.96.